The average molecular weight is 346 g/mol. The zero-order valence-electron chi connectivity index (χ0n) is 12.7. The molecule has 0 spiro atoms. The lowest BCUT2D eigenvalue weighted by Gasteiger charge is -2.38. The zero-order valence-corrected chi connectivity index (χ0v) is 14.3. The molecular formula is C15H20ClNO4S. The summed E-state index contributed by atoms with van der Waals surface area (Å²) in [7, 11) is -1.80. The van der Waals surface area contributed by atoms with E-state index in [0.717, 1.165) is 6.42 Å². The molecule has 0 aromatic heterocycles. The Bertz CT molecular complexity index is 663. The summed E-state index contributed by atoms with van der Waals surface area (Å²) in [5.41, 5.74) is -0.0740. The number of halogens is 1. The van der Waals surface area contributed by atoms with E-state index in [9.17, 15) is 13.2 Å². The van der Waals surface area contributed by atoms with E-state index in [1.165, 1.54) is 13.2 Å². The topological polar surface area (TPSA) is 72.5 Å². The van der Waals surface area contributed by atoms with Crippen LogP contribution in [-0.4, -0.2) is 32.8 Å². The normalized spacial score (nSPS) is 16.9. The summed E-state index contributed by atoms with van der Waals surface area (Å²) in [6.45, 7) is 1.80. The Morgan fingerprint density at radius 3 is 2.55 bits per heavy atom. The Kier molecular flexibility index (Phi) is 5.14. The molecule has 2 rings (SSSR count). The molecule has 1 N–H and O–H groups in total. The smallest absolute Gasteiger partial charge is 0.252 e. The number of carbonyl (C=O) groups excluding carboxylic acids is 1. The minimum absolute atomic E-state index is 0.00588. The van der Waals surface area contributed by atoms with Crippen LogP contribution in [0.2, 0.25) is 5.02 Å². The van der Waals surface area contributed by atoms with E-state index in [-0.39, 0.29) is 23.1 Å². The molecule has 122 valence electrons. The third-order valence-corrected chi connectivity index (χ3v) is 6.02. The number of hydrogen-bond acceptors (Lipinski definition) is 4. The number of nitrogens with one attached hydrogen (secondary N) is 1. The van der Waals surface area contributed by atoms with Crippen molar-refractivity contribution in [2.75, 3.05) is 12.9 Å². The first-order valence-corrected chi connectivity index (χ1v) is 9.22. The summed E-state index contributed by atoms with van der Waals surface area (Å²) in [6.07, 6.45) is 2.39. The molecular weight excluding hydrogens is 326 g/mol. The molecule has 0 aliphatic heterocycles. The minimum atomic E-state index is -3.33. The second-order valence-corrected chi connectivity index (χ2v) is 8.15. The van der Waals surface area contributed by atoms with Crippen molar-refractivity contribution in [3.05, 3.63) is 28.8 Å². The highest BCUT2D eigenvalue weighted by Crippen LogP contribution is 2.35. The largest absolute Gasteiger partial charge is 0.368 e. The van der Waals surface area contributed by atoms with Crippen LogP contribution in [0.15, 0.2) is 23.1 Å². The molecule has 0 radical (unpaired) electrons. The van der Waals surface area contributed by atoms with Crippen molar-refractivity contribution >= 4 is 27.3 Å². The Labute approximate surface area is 135 Å². The van der Waals surface area contributed by atoms with Crippen molar-refractivity contribution in [1.82, 2.24) is 5.32 Å². The summed E-state index contributed by atoms with van der Waals surface area (Å²) in [4.78, 5) is 12.4. The summed E-state index contributed by atoms with van der Waals surface area (Å²) < 4.78 is 29.2. The van der Waals surface area contributed by atoms with Gasteiger partial charge >= 0.3 is 0 Å². The van der Waals surface area contributed by atoms with Crippen LogP contribution in [0.4, 0.5) is 0 Å². The summed E-state index contributed by atoms with van der Waals surface area (Å²) >= 11 is 5.98. The third kappa shape index (κ3) is 3.45. The monoisotopic (exact) mass is 345 g/mol. The molecule has 1 aromatic rings. The van der Waals surface area contributed by atoms with Gasteiger partial charge in [-0.1, -0.05) is 18.5 Å². The van der Waals surface area contributed by atoms with E-state index < -0.39 is 15.4 Å². The van der Waals surface area contributed by atoms with E-state index in [1.54, 1.807) is 19.1 Å². The highest BCUT2D eigenvalue weighted by Gasteiger charge is 2.44. The maximum Gasteiger partial charge on any atom is 0.252 e. The first-order chi connectivity index (χ1) is 10.3. The van der Waals surface area contributed by atoms with Gasteiger partial charge in [-0.15, -0.1) is 0 Å². The molecule has 0 bridgehead atoms. The van der Waals surface area contributed by atoms with Gasteiger partial charge in [0.15, 0.2) is 9.84 Å². The number of carbonyl (C=O) groups is 1. The molecule has 0 saturated heterocycles. The Morgan fingerprint density at radius 1 is 1.36 bits per heavy atom. The number of rotatable bonds is 6. The SMILES string of the molecule is CCS(=O)(=O)c1cc(Cl)cc(CNC(=O)C2(OC)CCC2)c1. The molecule has 7 heteroatoms. The predicted molar refractivity (Wildman–Crippen MR) is 84.6 cm³/mol. The van der Waals surface area contributed by atoms with Crippen LogP contribution in [0.5, 0.6) is 0 Å². The number of benzene rings is 1. The number of sulfone groups is 1. The number of hydrogen-bond donors (Lipinski definition) is 1. The Balaban J connectivity index is 2.12. The van der Waals surface area contributed by atoms with Crippen molar-refractivity contribution in [3.8, 4) is 0 Å². The van der Waals surface area contributed by atoms with Gasteiger partial charge in [0, 0.05) is 18.7 Å². The zero-order chi connectivity index (χ0) is 16.4. The van der Waals surface area contributed by atoms with E-state index >= 15 is 0 Å². The number of methoxy groups -OCH3 is 1. The molecule has 1 aliphatic carbocycles. The first-order valence-electron chi connectivity index (χ1n) is 7.18. The van der Waals surface area contributed by atoms with Crippen molar-refractivity contribution in [2.45, 2.75) is 43.2 Å². The second kappa shape index (κ2) is 6.56. The van der Waals surface area contributed by atoms with Gasteiger partial charge in [-0.2, -0.15) is 0 Å². The summed E-state index contributed by atoms with van der Waals surface area (Å²) in [6, 6.07) is 4.62. The van der Waals surface area contributed by atoms with E-state index in [4.69, 9.17) is 16.3 Å². The third-order valence-electron chi connectivity index (χ3n) is 4.09. The molecule has 0 atom stereocenters. The van der Waals surface area contributed by atoms with Crippen LogP contribution >= 0.6 is 11.6 Å². The molecule has 1 fully saturated rings. The van der Waals surface area contributed by atoms with Crippen molar-refractivity contribution < 1.29 is 17.9 Å². The minimum Gasteiger partial charge on any atom is -0.368 e. The van der Waals surface area contributed by atoms with Crippen LogP contribution in [-0.2, 0) is 25.9 Å². The fourth-order valence-corrected chi connectivity index (χ4v) is 3.73. The molecule has 22 heavy (non-hydrogen) atoms. The van der Waals surface area contributed by atoms with Crippen molar-refractivity contribution in [1.29, 1.82) is 0 Å². The maximum absolute atomic E-state index is 12.2. The highest BCUT2D eigenvalue weighted by molar-refractivity contribution is 7.91. The second-order valence-electron chi connectivity index (χ2n) is 5.43. The van der Waals surface area contributed by atoms with Crippen LogP contribution in [0.1, 0.15) is 31.7 Å². The summed E-state index contributed by atoms with van der Waals surface area (Å²) in [5.74, 6) is -0.160. The van der Waals surface area contributed by atoms with Gasteiger partial charge < -0.3 is 10.1 Å². The van der Waals surface area contributed by atoms with Crippen molar-refractivity contribution in [2.24, 2.45) is 0 Å². The summed E-state index contributed by atoms with van der Waals surface area (Å²) in [5, 5.41) is 3.14. The molecule has 1 saturated carbocycles. The van der Waals surface area contributed by atoms with E-state index in [2.05, 4.69) is 5.32 Å². The molecule has 1 aliphatic rings. The lowest BCUT2D eigenvalue weighted by Crippen LogP contribution is -2.52. The average Bonchev–Trinajstić information content (AvgIpc) is 2.44. The fourth-order valence-electron chi connectivity index (χ4n) is 2.43. The Hall–Kier alpha value is -1.11. The molecule has 0 unspecified atom stereocenters. The number of amides is 1. The van der Waals surface area contributed by atoms with Crippen LogP contribution in [0.3, 0.4) is 0 Å². The maximum atomic E-state index is 12.2. The van der Waals surface area contributed by atoms with Crippen LogP contribution in [0.25, 0.3) is 0 Å². The Morgan fingerprint density at radius 2 is 2.05 bits per heavy atom. The quantitative estimate of drug-likeness (QED) is 0.858. The van der Waals surface area contributed by atoms with Gasteiger partial charge in [-0.25, -0.2) is 8.42 Å². The predicted octanol–water partition coefficient (Wildman–Crippen LogP) is 2.32. The number of ether oxygens (including phenoxy) is 1. The van der Waals surface area contributed by atoms with E-state index in [1.807, 2.05) is 0 Å². The van der Waals surface area contributed by atoms with Gasteiger partial charge in [-0.05, 0) is 43.0 Å². The van der Waals surface area contributed by atoms with Gasteiger partial charge in [0.1, 0.15) is 5.60 Å². The van der Waals surface area contributed by atoms with E-state index in [0.29, 0.717) is 23.4 Å². The lowest BCUT2D eigenvalue weighted by atomic mass is 9.79. The molecule has 5 nitrogen and oxygen atoms in total. The first kappa shape index (κ1) is 17.2. The van der Waals surface area contributed by atoms with Crippen molar-refractivity contribution in [3.63, 3.8) is 0 Å². The highest BCUT2D eigenvalue weighted by atomic mass is 35.5. The lowest BCUT2D eigenvalue weighted by molar-refractivity contribution is -0.154. The molecule has 1 aromatic carbocycles. The van der Waals surface area contributed by atoms with Gasteiger partial charge in [-0.3, -0.25) is 4.79 Å². The van der Waals surface area contributed by atoms with Gasteiger partial charge in [0.05, 0.1) is 10.6 Å². The van der Waals surface area contributed by atoms with Crippen LogP contribution < -0.4 is 5.32 Å². The van der Waals surface area contributed by atoms with Gasteiger partial charge in [0.25, 0.3) is 5.91 Å². The standard InChI is InChI=1S/C15H20ClNO4S/c1-3-22(19,20)13-8-11(7-12(16)9-13)10-17-14(18)15(21-2)5-4-6-15/h7-9H,3-6,10H2,1-2H3,(H,17,18). The van der Waals surface area contributed by atoms with Crippen LogP contribution in [0, 0.1) is 0 Å². The van der Waals surface area contributed by atoms with Gasteiger partial charge in [0.2, 0.25) is 0 Å². The fraction of sp³-hybridized carbons (Fsp3) is 0.533. The molecule has 0 heterocycles. The molecule has 1 amide bonds.